The van der Waals surface area contributed by atoms with Crippen LogP contribution in [0.1, 0.15) is 0 Å². The zero-order valence-corrected chi connectivity index (χ0v) is 10.3. The van der Waals surface area contributed by atoms with Gasteiger partial charge in [0.25, 0.3) is 0 Å². The summed E-state index contributed by atoms with van der Waals surface area (Å²) in [5, 5.41) is 8.86. The average Bonchev–Trinajstić information content (AvgIpc) is 3.01. The number of nitrogens with two attached hydrogens (primary N) is 1. The number of nitrogens with zero attached hydrogens (tertiary/aromatic N) is 2. The Morgan fingerprint density at radius 2 is 2.05 bits per heavy atom. The van der Waals surface area contributed by atoms with Crippen molar-refractivity contribution in [3.05, 3.63) is 41.4 Å². The monoisotopic (exact) mass is 278 g/mol. The fourth-order valence-corrected chi connectivity index (χ4v) is 2.50. The first kappa shape index (κ1) is 11.8. The molecule has 3 rings (SSSR count). The first-order valence-corrected chi connectivity index (χ1v) is 6.23. The molecule has 19 heavy (non-hydrogen) atoms. The molecule has 0 fully saturated rings. The van der Waals surface area contributed by atoms with E-state index in [-0.39, 0.29) is 0 Å². The quantitative estimate of drug-likeness (QED) is 0.757. The highest BCUT2D eigenvalue weighted by Crippen LogP contribution is 2.31. The third-order valence-corrected chi connectivity index (χ3v) is 3.49. The van der Waals surface area contributed by atoms with E-state index in [1.807, 2.05) is 0 Å². The summed E-state index contributed by atoms with van der Waals surface area (Å²) in [7, 11) is 0. The van der Waals surface area contributed by atoms with Crippen LogP contribution >= 0.6 is 11.3 Å². The molecule has 2 heterocycles. The minimum Gasteiger partial charge on any atom is -0.383 e. The summed E-state index contributed by atoms with van der Waals surface area (Å²) in [5.41, 5.74) is 7.48. The molecule has 0 saturated heterocycles. The van der Waals surface area contributed by atoms with Gasteiger partial charge in [-0.05, 0) is 18.2 Å². The van der Waals surface area contributed by atoms with E-state index < -0.39 is 11.6 Å². The van der Waals surface area contributed by atoms with Gasteiger partial charge in [-0.3, -0.25) is 5.10 Å². The van der Waals surface area contributed by atoms with Gasteiger partial charge in [-0.2, -0.15) is 5.10 Å². The van der Waals surface area contributed by atoms with Gasteiger partial charge in [-0.1, -0.05) is 0 Å². The third kappa shape index (κ3) is 2.08. The zero-order chi connectivity index (χ0) is 13.4. The van der Waals surface area contributed by atoms with E-state index in [1.54, 1.807) is 11.6 Å². The molecule has 0 amide bonds. The number of aromatic nitrogens is 3. The number of nitrogens with one attached hydrogen (secondary N) is 1. The molecule has 4 nitrogen and oxygen atoms in total. The lowest BCUT2D eigenvalue weighted by Gasteiger charge is -1.97. The van der Waals surface area contributed by atoms with Crippen molar-refractivity contribution in [2.24, 2.45) is 0 Å². The molecule has 0 unspecified atom stereocenters. The van der Waals surface area contributed by atoms with E-state index in [0.29, 0.717) is 27.6 Å². The van der Waals surface area contributed by atoms with Gasteiger partial charge in [-0.25, -0.2) is 13.8 Å². The summed E-state index contributed by atoms with van der Waals surface area (Å²) in [6.07, 6.45) is 1.57. The minimum atomic E-state index is -0.894. The molecule has 2 aromatic heterocycles. The van der Waals surface area contributed by atoms with Crippen molar-refractivity contribution in [3.8, 4) is 21.8 Å². The highest BCUT2D eigenvalue weighted by atomic mass is 32.1. The van der Waals surface area contributed by atoms with Crippen molar-refractivity contribution in [3.63, 3.8) is 0 Å². The van der Waals surface area contributed by atoms with Crippen molar-refractivity contribution in [2.75, 3.05) is 5.73 Å². The van der Waals surface area contributed by atoms with E-state index >= 15 is 0 Å². The Kier molecular flexibility index (Phi) is 2.75. The largest absolute Gasteiger partial charge is 0.383 e. The lowest BCUT2D eigenvalue weighted by Crippen LogP contribution is -1.88. The number of rotatable bonds is 2. The molecule has 0 aliphatic rings. The number of aromatic amines is 1. The summed E-state index contributed by atoms with van der Waals surface area (Å²) < 4.78 is 26.0. The molecular weight excluding hydrogens is 270 g/mol. The molecule has 0 aliphatic heterocycles. The van der Waals surface area contributed by atoms with Crippen LogP contribution in [0.2, 0.25) is 0 Å². The number of benzene rings is 1. The molecule has 0 saturated carbocycles. The third-order valence-electron chi connectivity index (χ3n) is 2.62. The second-order valence-corrected chi connectivity index (χ2v) is 4.72. The summed E-state index contributed by atoms with van der Waals surface area (Å²) in [4.78, 5) is 4.34. The summed E-state index contributed by atoms with van der Waals surface area (Å²) >= 11 is 1.36. The predicted octanol–water partition coefficient (Wildman–Crippen LogP) is 3.06. The highest BCUT2D eigenvalue weighted by molar-refractivity contribution is 7.13. The lowest BCUT2D eigenvalue weighted by atomic mass is 10.1. The van der Waals surface area contributed by atoms with E-state index in [4.69, 9.17) is 5.73 Å². The average molecular weight is 278 g/mol. The van der Waals surface area contributed by atoms with Crippen LogP contribution < -0.4 is 5.73 Å². The van der Waals surface area contributed by atoms with Crippen LogP contribution in [0, 0.1) is 11.6 Å². The number of hydrogen-bond donors (Lipinski definition) is 2. The molecular formula is C12H8F2N4S. The Labute approximate surface area is 110 Å². The fourth-order valence-electron chi connectivity index (χ4n) is 1.65. The summed E-state index contributed by atoms with van der Waals surface area (Å²) in [6.45, 7) is 0. The number of thiazole rings is 1. The lowest BCUT2D eigenvalue weighted by molar-refractivity contribution is 0.509. The summed E-state index contributed by atoms with van der Waals surface area (Å²) in [5.74, 6) is -1.35. The standard InChI is InChI=1S/C12H8F2N4S/c13-8-2-1-6(3-9(8)14)10-5-19-12(17-10)7-4-16-18-11(7)15/h1-5H,(H3,15,16,18). The van der Waals surface area contributed by atoms with Crippen LogP contribution in [0.15, 0.2) is 29.8 Å². The first-order valence-electron chi connectivity index (χ1n) is 5.35. The summed E-state index contributed by atoms with van der Waals surface area (Å²) in [6, 6.07) is 3.68. The van der Waals surface area contributed by atoms with Crippen molar-refractivity contribution >= 4 is 17.2 Å². The number of nitrogen functional groups attached to an aromatic ring is 1. The predicted molar refractivity (Wildman–Crippen MR) is 69.5 cm³/mol. The van der Waals surface area contributed by atoms with Crippen molar-refractivity contribution in [1.29, 1.82) is 0 Å². The maximum atomic E-state index is 13.2. The van der Waals surface area contributed by atoms with Gasteiger partial charge in [0.2, 0.25) is 0 Å². The Balaban J connectivity index is 2.01. The van der Waals surface area contributed by atoms with Gasteiger partial charge in [-0.15, -0.1) is 11.3 Å². The smallest absolute Gasteiger partial charge is 0.159 e. The number of halogens is 2. The van der Waals surface area contributed by atoms with Gasteiger partial charge in [0.05, 0.1) is 17.5 Å². The van der Waals surface area contributed by atoms with Crippen molar-refractivity contribution in [1.82, 2.24) is 15.2 Å². The Hall–Kier alpha value is -2.28. The second-order valence-electron chi connectivity index (χ2n) is 3.86. The molecule has 0 bridgehead atoms. The fraction of sp³-hybridized carbons (Fsp3) is 0. The van der Waals surface area contributed by atoms with E-state index in [2.05, 4.69) is 15.2 Å². The van der Waals surface area contributed by atoms with Crippen LogP contribution in [0.3, 0.4) is 0 Å². The number of anilines is 1. The van der Waals surface area contributed by atoms with Crippen LogP contribution in [0.4, 0.5) is 14.6 Å². The van der Waals surface area contributed by atoms with Gasteiger partial charge in [0.1, 0.15) is 10.8 Å². The van der Waals surface area contributed by atoms with Gasteiger partial charge < -0.3 is 5.73 Å². The van der Waals surface area contributed by atoms with Crippen LogP contribution in [-0.2, 0) is 0 Å². The molecule has 0 spiro atoms. The van der Waals surface area contributed by atoms with Crippen molar-refractivity contribution in [2.45, 2.75) is 0 Å². The Bertz CT molecular complexity index is 735. The first-order chi connectivity index (χ1) is 9.15. The topological polar surface area (TPSA) is 67.6 Å². The van der Waals surface area contributed by atoms with E-state index in [9.17, 15) is 8.78 Å². The maximum absolute atomic E-state index is 13.2. The van der Waals surface area contributed by atoms with Gasteiger partial charge >= 0.3 is 0 Å². The molecule has 0 aliphatic carbocycles. The molecule has 96 valence electrons. The zero-order valence-electron chi connectivity index (χ0n) is 9.52. The minimum absolute atomic E-state index is 0.422. The van der Waals surface area contributed by atoms with Crippen LogP contribution in [0.5, 0.6) is 0 Å². The van der Waals surface area contributed by atoms with Gasteiger partial charge in [0.15, 0.2) is 11.6 Å². The normalized spacial score (nSPS) is 10.8. The van der Waals surface area contributed by atoms with Gasteiger partial charge in [0, 0.05) is 10.9 Å². The second kappa shape index (κ2) is 4.43. The van der Waals surface area contributed by atoms with Crippen LogP contribution in [0.25, 0.3) is 21.8 Å². The molecule has 0 atom stereocenters. The Morgan fingerprint density at radius 1 is 1.21 bits per heavy atom. The SMILES string of the molecule is Nc1[nH]ncc1-c1nc(-c2ccc(F)c(F)c2)cs1. The molecule has 3 N–H and O–H groups in total. The molecule has 3 aromatic rings. The number of H-pyrrole nitrogens is 1. The van der Waals surface area contributed by atoms with E-state index in [0.717, 1.165) is 12.1 Å². The molecule has 7 heteroatoms. The van der Waals surface area contributed by atoms with E-state index in [1.165, 1.54) is 17.4 Å². The number of hydrogen-bond acceptors (Lipinski definition) is 4. The molecule has 1 aromatic carbocycles. The maximum Gasteiger partial charge on any atom is 0.159 e. The highest BCUT2D eigenvalue weighted by Gasteiger charge is 2.12. The van der Waals surface area contributed by atoms with Crippen molar-refractivity contribution < 1.29 is 8.78 Å². The molecule has 0 radical (unpaired) electrons. The Morgan fingerprint density at radius 3 is 2.74 bits per heavy atom. The van der Waals surface area contributed by atoms with Crippen LogP contribution in [-0.4, -0.2) is 15.2 Å².